The summed E-state index contributed by atoms with van der Waals surface area (Å²) in [4.78, 5) is 0. The van der Waals surface area contributed by atoms with Crippen molar-refractivity contribution in [1.82, 2.24) is 0 Å². The highest BCUT2D eigenvalue weighted by atomic mass is 14.8. The summed E-state index contributed by atoms with van der Waals surface area (Å²) >= 11 is 0. The number of hydrogen-bond acceptors (Lipinski definition) is 5. The minimum atomic E-state index is 0.393. The topological polar surface area (TPSA) is 130 Å². The van der Waals surface area contributed by atoms with E-state index in [4.69, 9.17) is 28.7 Å². The summed E-state index contributed by atoms with van der Waals surface area (Å²) in [5.74, 6) is 0.735. The molecule has 10 N–H and O–H groups in total. The van der Waals surface area contributed by atoms with Gasteiger partial charge in [0.2, 0.25) is 0 Å². The van der Waals surface area contributed by atoms with Crippen molar-refractivity contribution in [2.75, 3.05) is 22.9 Å². The van der Waals surface area contributed by atoms with Crippen LogP contribution in [0, 0.1) is 5.92 Å². The molecule has 0 aromatic heterocycles. The quantitative estimate of drug-likeness (QED) is 0.527. The van der Waals surface area contributed by atoms with Gasteiger partial charge in [-0.25, -0.2) is 0 Å². The SMILES string of the molecule is Nc1cc(CCC2CCC(N)CC2)c(N)c(N)c1N. The average molecular weight is 263 g/mol. The molecule has 1 aromatic carbocycles. The fraction of sp³-hybridized carbons (Fsp3) is 0.571. The standard InChI is InChI=1S/C14H25N5/c15-10-5-2-8(3-6-10)1-4-9-7-11(16)13(18)14(19)12(9)17/h7-8,10H,1-6,15-19H2. The molecule has 1 aliphatic rings. The lowest BCUT2D eigenvalue weighted by Gasteiger charge is -2.26. The Labute approximate surface area is 114 Å². The van der Waals surface area contributed by atoms with Crippen molar-refractivity contribution in [1.29, 1.82) is 0 Å². The molecule has 0 saturated heterocycles. The zero-order valence-electron chi connectivity index (χ0n) is 11.4. The summed E-state index contributed by atoms with van der Waals surface area (Å²) in [5, 5.41) is 0. The zero-order valence-corrected chi connectivity index (χ0v) is 11.4. The molecule has 0 spiro atoms. The first-order valence-corrected chi connectivity index (χ1v) is 6.96. The van der Waals surface area contributed by atoms with Crippen molar-refractivity contribution in [3.05, 3.63) is 11.6 Å². The zero-order chi connectivity index (χ0) is 14.0. The molecule has 0 radical (unpaired) electrons. The van der Waals surface area contributed by atoms with Crippen LogP contribution >= 0.6 is 0 Å². The highest BCUT2D eigenvalue weighted by Gasteiger charge is 2.19. The molecule has 0 atom stereocenters. The second kappa shape index (κ2) is 5.57. The highest BCUT2D eigenvalue weighted by molar-refractivity contribution is 5.88. The normalized spacial score (nSPS) is 23.4. The van der Waals surface area contributed by atoms with Gasteiger partial charge >= 0.3 is 0 Å². The van der Waals surface area contributed by atoms with E-state index >= 15 is 0 Å². The van der Waals surface area contributed by atoms with Crippen molar-refractivity contribution < 1.29 is 0 Å². The van der Waals surface area contributed by atoms with Gasteiger partial charge in [-0.3, -0.25) is 0 Å². The van der Waals surface area contributed by atoms with Gasteiger partial charge in [-0.15, -0.1) is 0 Å². The van der Waals surface area contributed by atoms with Crippen LogP contribution in [-0.2, 0) is 6.42 Å². The number of aryl methyl sites for hydroxylation is 1. The lowest BCUT2D eigenvalue weighted by molar-refractivity contribution is 0.311. The highest BCUT2D eigenvalue weighted by Crippen LogP contribution is 2.34. The van der Waals surface area contributed by atoms with E-state index in [2.05, 4.69) is 0 Å². The molecule has 0 bridgehead atoms. The predicted molar refractivity (Wildman–Crippen MR) is 82.3 cm³/mol. The fourth-order valence-electron chi connectivity index (χ4n) is 2.86. The van der Waals surface area contributed by atoms with Crippen LogP contribution in [-0.4, -0.2) is 6.04 Å². The molecule has 106 valence electrons. The predicted octanol–water partition coefficient (Wildman–Crippen LogP) is 1.47. The number of nitrogens with two attached hydrogens (primary N) is 5. The van der Waals surface area contributed by atoms with Crippen molar-refractivity contribution >= 4 is 22.7 Å². The van der Waals surface area contributed by atoms with Crippen LogP contribution in [0.5, 0.6) is 0 Å². The van der Waals surface area contributed by atoms with E-state index in [1.54, 1.807) is 0 Å². The van der Waals surface area contributed by atoms with E-state index in [1.807, 2.05) is 6.07 Å². The molecule has 5 heteroatoms. The van der Waals surface area contributed by atoms with E-state index in [1.165, 1.54) is 12.8 Å². The van der Waals surface area contributed by atoms with Gasteiger partial charge in [0.25, 0.3) is 0 Å². The number of nitrogen functional groups attached to an aromatic ring is 4. The van der Waals surface area contributed by atoms with Gasteiger partial charge in [-0.1, -0.05) is 0 Å². The first-order valence-electron chi connectivity index (χ1n) is 6.96. The van der Waals surface area contributed by atoms with Crippen LogP contribution < -0.4 is 28.7 Å². The Morgan fingerprint density at radius 2 is 1.53 bits per heavy atom. The van der Waals surface area contributed by atoms with Gasteiger partial charge in [0.05, 0.1) is 22.7 Å². The molecule has 1 aromatic rings. The van der Waals surface area contributed by atoms with Gasteiger partial charge < -0.3 is 28.7 Å². The fourth-order valence-corrected chi connectivity index (χ4v) is 2.86. The van der Waals surface area contributed by atoms with E-state index < -0.39 is 0 Å². The van der Waals surface area contributed by atoms with Gasteiger partial charge in [0.15, 0.2) is 0 Å². The van der Waals surface area contributed by atoms with Crippen molar-refractivity contribution in [2.45, 2.75) is 44.6 Å². The largest absolute Gasteiger partial charge is 0.397 e. The molecular formula is C14H25N5. The van der Waals surface area contributed by atoms with Crippen LogP contribution in [0.3, 0.4) is 0 Å². The van der Waals surface area contributed by atoms with Crippen LogP contribution in [0.2, 0.25) is 0 Å². The Hall–Kier alpha value is -1.62. The summed E-state index contributed by atoms with van der Waals surface area (Å²) in [5.41, 5.74) is 32.3. The first kappa shape index (κ1) is 13.8. The number of benzene rings is 1. The molecule has 2 rings (SSSR count). The Bertz CT molecular complexity index is 450. The first-order chi connectivity index (χ1) is 8.99. The maximum absolute atomic E-state index is 6.01. The van der Waals surface area contributed by atoms with Crippen LogP contribution in [0.25, 0.3) is 0 Å². The molecular weight excluding hydrogens is 238 g/mol. The molecule has 1 aliphatic carbocycles. The molecule has 5 nitrogen and oxygen atoms in total. The summed E-state index contributed by atoms with van der Waals surface area (Å²) in [6.07, 6.45) is 6.69. The second-order valence-electron chi connectivity index (χ2n) is 5.69. The number of hydrogen-bond donors (Lipinski definition) is 5. The van der Waals surface area contributed by atoms with Gasteiger partial charge in [-0.2, -0.15) is 0 Å². The molecule has 19 heavy (non-hydrogen) atoms. The van der Waals surface area contributed by atoms with Gasteiger partial charge in [0.1, 0.15) is 0 Å². The number of anilines is 4. The van der Waals surface area contributed by atoms with Crippen molar-refractivity contribution in [3.63, 3.8) is 0 Å². The molecule has 1 fully saturated rings. The lowest BCUT2D eigenvalue weighted by Crippen LogP contribution is -2.26. The second-order valence-corrected chi connectivity index (χ2v) is 5.69. The molecule has 0 heterocycles. The molecule has 0 unspecified atom stereocenters. The molecule has 0 amide bonds. The average Bonchev–Trinajstić information content (AvgIpc) is 2.41. The Morgan fingerprint density at radius 1 is 0.895 bits per heavy atom. The smallest absolute Gasteiger partial charge is 0.0805 e. The van der Waals surface area contributed by atoms with E-state index in [9.17, 15) is 0 Å². The Balaban J connectivity index is 2.00. The van der Waals surface area contributed by atoms with Crippen LogP contribution in [0.4, 0.5) is 22.7 Å². The summed E-state index contributed by atoms with van der Waals surface area (Å²) in [7, 11) is 0. The molecule has 0 aliphatic heterocycles. The Morgan fingerprint density at radius 3 is 2.16 bits per heavy atom. The lowest BCUT2D eigenvalue weighted by atomic mass is 9.83. The van der Waals surface area contributed by atoms with E-state index in [0.717, 1.165) is 37.2 Å². The van der Waals surface area contributed by atoms with Crippen molar-refractivity contribution in [2.24, 2.45) is 11.7 Å². The van der Waals surface area contributed by atoms with E-state index in [0.29, 0.717) is 28.8 Å². The van der Waals surface area contributed by atoms with Crippen molar-refractivity contribution in [3.8, 4) is 0 Å². The minimum absolute atomic E-state index is 0.393. The Kier molecular flexibility index (Phi) is 4.04. The third kappa shape index (κ3) is 3.04. The van der Waals surface area contributed by atoms with Gasteiger partial charge in [0, 0.05) is 6.04 Å². The van der Waals surface area contributed by atoms with Crippen LogP contribution in [0.1, 0.15) is 37.7 Å². The maximum Gasteiger partial charge on any atom is 0.0805 e. The summed E-state index contributed by atoms with van der Waals surface area (Å²) in [6.45, 7) is 0. The van der Waals surface area contributed by atoms with Gasteiger partial charge in [-0.05, 0) is 56.1 Å². The summed E-state index contributed by atoms with van der Waals surface area (Å²) < 4.78 is 0. The monoisotopic (exact) mass is 263 g/mol. The third-order valence-electron chi connectivity index (χ3n) is 4.28. The summed E-state index contributed by atoms with van der Waals surface area (Å²) in [6, 6.07) is 2.25. The minimum Gasteiger partial charge on any atom is -0.397 e. The third-order valence-corrected chi connectivity index (χ3v) is 4.28. The van der Waals surface area contributed by atoms with E-state index in [-0.39, 0.29) is 0 Å². The maximum atomic E-state index is 6.01. The van der Waals surface area contributed by atoms with Crippen LogP contribution in [0.15, 0.2) is 6.07 Å². The number of rotatable bonds is 3. The molecule has 1 saturated carbocycles.